The summed E-state index contributed by atoms with van der Waals surface area (Å²) < 4.78 is 0. The zero-order valence-electron chi connectivity index (χ0n) is 2.33. The van der Waals surface area contributed by atoms with Gasteiger partial charge in [-0.3, -0.25) is 0 Å². The van der Waals surface area contributed by atoms with Gasteiger partial charge in [0.15, 0.2) is 0 Å². The Morgan fingerprint density at radius 1 is 0.333 bits per heavy atom. The molecule has 4 radical (unpaired) electrons. The molecule has 6 heavy (non-hydrogen) atoms. The molecule has 0 aromatic heterocycles. The molecule has 4 N–H and O–H groups in total. The first-order valence-corrected chi connectivity index (χ1v) is 0. The van der Waals surface area contributed by atoms with Crippen molar-refractivity contribution in [2.45, 2.75) is 0 Å². The fourth-order valence-electron chi connectivity index (χ4n) is 0. The zero-order chi connectivity index (χ0) is 0. The van der Waals surface area contributed by atoms with E-state index in [2.05, 4.69) is 0 Å². The van der Waals surface area contributed by atoms with E-state index >= 15 is 0 Å². The number of rotatable bonds is 0. The monoisotopic (exact) mass is 272 g/mol. The first kappa shape index (κ1) is 101. The molecule has 0 atom stereocenters. The van der Waals surface area contributed by atoms with E-state index in [0.29, 0.717) is 0 Å². The molecule has 0 bridgehead atoms. The summed E-state index contributed by atoms with van der Waals surface area (Å²) in [7, 11) is 0. The second kappa shape index (κ2) is 64.8. The van der Waals surface area contributed by atoms with Gasteiger partial charge in [-0.25, -0.2) is 0 Å². The average molecular weight is 272 g/mol. The van der Waals surface area contributed by atoms with Gasteiger partial charge >= 0.3 is 0 Å². The number of hydrogen-bond donors (Lipinski definition) is 0. The molecule has 0 unspecified atom stereocenters. The van der Waals surface area contributed by atoms with Crippen LogP contribution in [0.25, 0.3) is 0 Å². The molecule has 0 saturated carbocycles. The predicted octanol–water partition coefficient (Wildman–Crippen LogP) is -1.66. The molecule has 0 heterocycles. The first-order chi connectivity index (χ1) is 0. The molecule has 52 valence electrons. The molecule has 0 saturated heterocycles. The van der Waals surface area contributed by atoms with Gasteiger partial charge in [-0.2, -0.15) is 0 Å². The SMILES string of the molecule is O.O.[Co].[Co].[Co].[Co]. The van der Waals surface area contributed by atoms with Crippen LogP contribution >= 0.6 is 0 Å². The quantitative estimate of drug-likeness (QED) is 0.506. The Balaban J connectivity index is 0. The maximum atomic E-state index is 0. The Morgan fingerprint density at radius 3 is 0.333 bits per heavy atom. The summed E-state index contributed by atoms with van der Waals surface area (Å²) in [5.74, 6) is 0. The van der Waals surface area contributed by atoms with Crippen LogP contribution in [-0.2, 0) is 67.1 Å². The van der Waals surface area contributed by atoms with Gasteiger partial charge in [0.2, 0.25) is 0 Å². The van der Waals surface area contributed by atoms with Crippen LogP contribution in [0.15, 0.2) is 0 Å². The van der Waals surface area contributed by atoms with Crippen molar-refractivity contribution in [2.75, 3.05) is 0 Å². The molecule has 0 rings (SSSR count). The van der Waals surface area contributed by atoms with Crippen LogP contribution in [0.4, 0.5) is 0 Å². The van der Waals surface area contributed by atoms with Crippen LogP contribution in [0.1, 0.15) is 0 Å². The van der Waals surface area contributed by atoms with Crippen LogP contribution in [0.2, 0.25) is 0 Å². The van der Waals surface area contributed by atoms with Crippen molar-refractivity contribution in [2.24, 2.45) is 0 Å². The van der Waals surface area contributed by atoms with E-state index in [0.717, 1.165) is 0 Å². The van der Waals surface area contributed by atoms with Gasteiger partial charge in [0, 0.05) is 67.1 Å². The van der Waals surface area contributed by atoms with Crippen LogP contribution in [0, 0.1) is 0 Å². The Hall–Kier alpha value is 1.95. The van der Waals surface area contributed by atoms with E-state index in [1.54, 1.807) is 0 Å². The summed E-state index contributed by atoms with van der Waals surface area (Å²) in [5, 5.41) is 0. The van der Waals surface area contributed by atoms with Gasteiger partial charge in [0.05, 0.1) is 0 Å². The minimum absolute atomic E-state index is 0. The predicted molar refractivity (Wildman–Crippen MR) is 7.23 cm³/mol. The Kier molecular flexibility index (Phi) is 1090. The third-order valence-electron chi connectivity index (χ3n) is 0. The topological polar surface area (TPSA) is 63.0 Å². The third kappa shape index (κ3) is 38.4. The summed E-state index contributed by atoms with van der Waals surface area (Å²) in [4.78, 5) is 0. The minimum atomic E-state index is 0. The maximum Gasteiger partial charge on any atom is 0 e. The smallest absolute Gasteiger partial charge is 0 e. The molecular weight excluding hydrogens is 268 g/mol. The number of hydrogen-bond acceptors (Lipinski definition) is 0. The van der Waals surface area contributed by atoms with Crippen molar-refractivity contribution >= 4 is 0 Å². The van der Waals surface area contributed by atoms with Gasteiger partial charge in [0.25, 0.3) is 0 Å². The maximum absolute atomic E-state index is 0. The Bertz CT molecular complexity index is 5.51. The molecule has 0 fully saturated rings. The van der Waals surface area contributed by atoms with Crippen molar-refractivity contribution in [1.29, 1.82) is 0 Å². The fraction of sp³-hybridized carbons (Fsp3) is 0. The molecule has 2 nitrogen and oxygen atoms in total. The molecule has 0 aliphatic rings. The molecule has 6 heteroatoms. The largest absolute Gasteiger partial charge is 0.412 e. The van der Waals surface area contributed by atoms with Crippen LogP contribution < -0.4 is 0 Å². The van der Waals surface area contributed by atoms with Gasteiger partial charge in [-0.15, -0.1) is 0 Å². The van der Waals surface area contributed by atoms with Crippen molar-refractivity contribution in [3.63, 3.8) is 0 Å². The second-order valence-electron chi connectivity index (χ2n) is 0. The van der Waals surface area contributed by atoms with Gasteiger partial charge in [-0.05, 0) is 0 Å². The summed E-state index contributed by atoms with van der Waals surface area (Å²) in [5.41, 5.74) is 0. The standard InChI is InChI=1S/4Co.2H2O/h;;;;2*1H2. The average Bonchev–Trinajstić information content (AvgIpc) is 0. The van der Waals surface area contributed by atoms with E-state index in [1.165, 1.54) is 0 Å². The van der Waals surface area contributed by atoms with Gasteiger partial charge in [-0.1, -0.05) is 0 Å². The van der Waals surface area contributed by atoms with Gasteiger partial charge in [0.1, 0.15) is 0 Å². The second-order valence-corrected chi connectivity index (χ2v) is 0. The van der Waals surface area contributed by atoms with Crippen molar-refractivity contribution in [3.05, 3.63) is 0 Å². The van der Waals surface area contributed by atoms with Gasteiger partial charge < -0.3 is 11.0 Å². The van der Waals surface area contributed by atoms with Crippen molar-refractivity contribution in [3.8, 4) is 0 Å². The Labute approximate surface area is 77.6 Å². The van der Waals surface area contributed by atoms with E-state index in [4.69, 9.17) is 0 Å². The van der Waals surface area contributed by atoms with Crippen molar-refractivity contribution in [1.82, 2.24) is 0 Å². The summed E-state index contributed by atoms with van der Waals surface area (Å²) in [6.45, 7) is 0. The van der Waals surface area contributed by atoms with E-state index in [9.17, 15) is 0 Å². The van der Waals surface area contributed by atoms with Crippen LogP contribution in [0.3, 0.4) is 0 Å². The molecule has 0 aliphatic carbocycles. The minimum Gasteiger partial charge on any atom is -0.412 e. The molecular formula is H4Co4O2. The van der Waals surface area contributed by atoms with Crippen LogP contribution in [-0.4, -0.2) is 11.0 Å². The van der Waals surface area contributed by atoms with E-state index in [-0.39, 0.29) is 78.1 Å². The summed E-state index contributed by atoms with van der Waals surface area (Å²) in [6.07, 6.45) is 0. The molecule has 0 amide bonds. The molecule has 0 aliphatic heterocycles. The first-order valence-electron chi connectivity index (χ1n) is 0. The van der Waals surface area contributed by atoms with E-state index < -0.39 is 0 Å². The third-order valence-corrected chi connectivity index (χ3v) is 0. The van der Waals surface area contributed by atoms with E-state index in [1.807, 2.05) is 0 Å². The van der Waals surface area contributed by atoms with Crippen LogP contribution in [0.5, 0.6) is 0 Å². The van der Waals surface area contributed by atoms with Crippen molar-refractivity contribution < 1.29 is 78.1 Å². The zero-order valence-corrected chi connectivity index (χ0v) is 6.50. The fourth-order valence-corrected chi connectivity index (χ4v) is 0. The normalized spacial score (nSPS) is 0. The Morgan fingerprint density at radius 2 is 0.333 bits per heavy atom. The molecule has 0 aromatic rings. The summed E-state index contributed by atoms with van der Waals surface area (Å²) >= 11 is 0. The molecule has 0 aromatic carbocycles. The molecule has 0 spiro atoms. The summed E-state index contributed by atoms with van der Waals surface area (Å²) in [6, 6.07) is 0.